The number of hydrogen-bond donors (Lipinski definition) is 2. The van der Waals surface area contributed by atoms with Gasteiger partial charge < -0.3 is 10.6 Å². The van der Waals surface area contributed by atoms with Crippen LogP contribution in [0.1, 0.15) is 21.6 Å². The van der Waals surface area contributed by atoms with Crippen molar-refractivity contribution in [2.75, 3.05) is 11.9 Å². The Bertz CT molecular complexity index is 853. The average Bonchev–Trinajstić information content (AvgIpc) is 2.68. The molecule has 0 fully saturated rings. The number of carbonyl (C=O) groups excluding carboxylic acids is 1. The van der Waals surface area contributed by atoms with Gasteiger partial charge in [0.1, 0.15) is 11.5 Å². The van der Waals surface area contributed by atoms with Gasteiger partial charge in [-0.2, -0.15) is 0 Å². The quantitative estimate of drug-likeness (QED) is 0.687. The van der Waals surface area contributed by atoms with E-state index in [1.807, 2.05) is 18.2 Å². The molecule has 26 heavy (non-hydrogen) atoms. The van der Waals surface area contributed by atoms with E-state index in [-0.39, 0.29) is 17.4 Å². The highest BCUT2D eigenvalue weighted by molar-refractivity contribution is 5.92. The molecule has 0 saturated heterocycles. The Kier molecular flexibility index (Phi) is 5.88. The van der Waals surface area contributed by atoms with Gasteiger partial charge in [-0.1, -0.05) is 42.5 Å². The van der Waals surface area contributed by atoms with Gasteiger partial charge in [-0.15, -0.1) is 0 Å². The predicted molar refractivity (Wildman–Crippen MR) is 98.2 cm³/mol. The van der Waals surface area contributed by atoms with Crippen molar-refractivity contribution < 1.29 is 9.18 Å². The van der Waals surface area contributed by atoms with Crippen LogP contribution in [0.5, 0.6) is 0 Å². The van der Waals surface area contributed by atoms with Crippen LogP contribution in [0.3, 0.4) is 0 Å². The van der Waals surface area contributed by atoms with E-state index in [4.69, 9.17) is 0 Å². The average molecular weight is 350 g/mol. The lowest BCUT2D eigenvalue weighted by Gasteiger charge is -2.08. The fraction of sp³-hybridized carbons (Fsp3) is 0.150. The first kappa shape index (κ1) is 17.5. The highest BCUT2D eigenvalue weighted by Gasteiger charge is 2.08. The minimum absolute atomic E-state index is 0.282. The SMILES string of the molecule is O=C(NCc1ccc(F)cc1)c1ccnc(NCCc2ccccc2)n1. The molecule has 5 nitrogen and oxygen atoms in total. The Hall–Kier alpha value is -3.28. The van der Waals surface area contributed by atoms with Crippen molar-refractivity contribution in [3.05, 3.63) is 89.5 Å². The number of carbonyl (C=O) groups is 1. The van der Waals surface area contributed by atoms with E-state index in [1.165, 1.54) is 17.7 Å². The van der Waals surface area contributed by atoms with Crippen LogP contribution in [0, 0.1) is 5.82 Å². The zero-order valence-electron chi connectivity index (χ0n) is 14.2. The summed E-state index contributed by atoms with van der Waals surface area (Å²) in [7, 11) is 0. The molecule has 6 heteroatoms. The van der Waals surface area contributed by atoms with Crippen LogP contribution in [-0.4, -0.2) is 22.4 Å². The van der Waals surface area contributed by atoms with Gasteiger partial charge in [-0.3, -0.25) is 4.79 Å². The number of anilines is 1. The summed E-state index contributed by atoms with van der Waals surface area (Å²) in [4.78, 5) is 20.6. The van der Waals surface area contributed by atoms with Crippen LogP contribution >= 0.6 is 0 Å². The number of nitrogens with one attached hydrogen (secondary N) is 2. The first-order valence-corrected chi connectivity index (χ1v) is 8.34. The van der Waals surface area contributed by atoms with Gasteiger partial charge in [0.2, 0.25) is 5.95 Å². The third kappa shape index (κ3) is 5.11. The normalized spacial score (nSPS) is 10.3. The number of rotatable bonds is 7. The van der Waals surface area contributed by atoms with Gasteiger partial charge >= 0.3 is 0 Å². The van der Waals surface area contributed by atoms with Gasteiger partial charge in [0, 0.05) is 19.3 Å². The monoisotopic (exact) mass is 350 g/mol. The smallest absolute Gasteiger partial charge is 0.270 e. The number of nitrogens with zero attached hydrogens (tertiary/aromatic N) is 2. The Morgan fingerprint density at radius 3 is 2.50 bits per heavy atom. The van der Waals surface area contributed by atoms with E-state index < -0.39 is 0 Å². The van der Waals surface area contributed by atoms with Crippen molar-refractivity contribution in [2.45, 2.75) is 13.0 Å². The lowest BCUT2D eigenvalue weighted by atomic mass is 10.1. The molecule has 2 N–H and O–H groups in total. The van der Waals surface area contributed by atoms with Crippen LogP contribution in [0.15, 0.2) is 66.9 Å². The molecule has 132 valence electrons. The summed E-state index contributed by atoms with van der Waals surface area (Å²) in [6, 6.07) is 17.6. The third-order valence-corrected chi connectivity index (χ3v) is 3.79. The number of halogens is 1. The van der Waals surface area contributed by atoms with E-state index in [2.05, 4.69) is 32.7 Å². The first-order chi connectivity index (χ1) is 12.7. The molecule has 0 aliphatic heterocycles. The molecule has 0 aliphatic carbocycles. The zero-order chi connectivity index (χ0) is 18.2. The second-order valence-corrected chi connectivity index (χ2v) is 5.74. The Balaban J connectivity index is 1.52. The van der Waals surface area contributed by atoms with Crippen molar-refractivity contribution in [1.82, 2.24) is 15.3 Å². The molecule has 1 heterocycles. The topological polar surface area (TPSA) is 66.9 Å². The standard InChI is InChI=1S/C20H19FN4O/c21-17-8-6-16(7-9-17)14-24-19(26)18-11-13-23-20(25-18)22-12-10-15-4-2-1-3-5-15/h1-9,11,13H,10,12,14H2,(H,24,26)(H,22,23,25). The molecule has 0 atom stereocenters. The molecule has 0 spiro atoms. The maximum Gasteiger partial charge on any atom is 0.270 e. The highest BCUT2D eigenvalue weighted by Crippen LogP contribution is 2.05. The summed E-state index contributed by atoms with van der Waals surface area (Å²) in [5.74, 6) is -0.194. The molecule has 0 bridgehead atoms. The third-order valence-electron chi connectivity index (χ3n) is 3.79. The molecular weight excluding hydrogens is 331 g/mol. The zero-order valence-corrected chi connectivity index (χ0v) is 14.2. The molecule has 3 rings (SSSR count). The van der Waals surface area contributed by atoms with Gasteiger partial charge in [0.05, 0.1) is 0 Å². The van der Waals surface area contributed by atoms with Crippen LogP contribution in [0.2, 0.25) is 0 Å². The summed E-state index contributed by atoms with van der Waals surface area (Å²) >= 11 is 0. The fourth-order valence-corrected chi connectivity index (χ4v) is 2.41. The number of aromatic nitrogens is 2. The second kappa shape index (κ2) is 8.71. The molecule has 1 aromatic heterocycles. The summed E-state index contributed by atoms with van der Waals surface area (Å²) in [6.45, 7) is 0.977. The minimum atomic E-state index is -0.304. The van der Waals surface area contributed by atoms with E-state index in [0.717, 1.165) is 12.0 Å². The van der Waals surface area contributed by atoms with Gasteiger partial charge in [0.25, 0.3) is 5.91 Å². The maximum absolute atomic E-state index is 12.9. The lowest BCUT2D eigenvalue weighted by molar-refractivity contribution is 0.0946. The number of benzene rings is 2. The van der Waals surface area contributed by atoms with E-state index in [1.54, 1.807) is 24.4 Å². The van der Waals surface area contributed by atoms with Gasteiger partial charge in [-0.05, 0) is 35.7 Å². The van der Waals surface area contributed by atoms with Crippen LogP contribution in [0.25, 0.3) is 0 Å². The molecule has 1 amide bonds. The molecular formula is C20H19FN4O. The van der Waals surface area contributed by atoms with Gasteiger partial charge in [-0.25, -0.2) is 14.4 Å². The Morgan fingerprint density at radius 2 is 1.73 bits per heavy atom. The fourth-order valence-electron chi connectivity index (χ4n) is 2.41. The first-order valence-electron chi connectivity index (χ1n) is 8.34. The minimum Gasteiger partial charge on any atom is -0.354 e. The summed E-state index contributed by atoms with van der Waals surface area (Å²) in [5, 5.41) is 5.89. The van der Waals surface area contributed by atoms with Crippen molar-refractivity contribution in [2.24, 2.45) is 0 Å². The molecule has 0 unspecified atom stereocenters. The Labute approximate surface area is 151 Å². The molecule has 3 aromatic rings. The van der Waals surface area contributed by atoms with Crippen molar-refractivity contribution in [3.8, 4) is 0 Å². The predicted octanol–water partition coefficient (Wildman–Crippen LogP) is 3.20. The largest absolute Gasteiger partial charge is 0.354 e. The summed E-state index contributed by atoms with van der Waals surface area (Å²) in [5.41, 5.74) is 2.31. The van der Waals surface area contributed by atoms with Crippen LogP contribution in [-0.2, 0) is 13.0 Å². The summed E-state index contributed by atoms with van der Waals surface area (Å²) < 4.78 is 12.9. The molecule has 0 aliphatic rings. The highest BCUT2D eigenvalue weighted by atomic mass is 19.1. The maximum atomic E-state index is 12.9. The lowest BCUT2D eigenvalue weighted by Crippen LogP contribution is -2.24. The van der Waals surface area contributed by atoms with E-state index in [9.17, 15) is 9.18 Å². The number of amides is 1. The second-order valence-electron chi connectivity index (χ2n) is 5.74. The summed E-state index contributed by atoms with van der Waals surface area (Å²) in [6.07, 6.45) is 2.38. The van der Waals surface area contributed by atoms with Gasteiger partial charge in [0.15, 0.2) is 0 Å². The molecule has 2 aromatic carbocycles. The molecule has 0 radical (unpaired) electrons. The van der Waals surface area contributed by atoms with Crippen molar-refractivity contribution >= 4 is 11.9 Å². The van der Waals surface area contributed by atoms with Crippen LogP contribution < -0.4 is 10.6 Å². The molecule has 0 saturated carbocycles. The van der Waals surface area contributed by atoms with E-state index in [0.29, 0.717) is 19.0 Å². The van der Waals surface area contributed by atoms with Crippen molar-refractivity contribution in [1.29, 1.82) is 0 Å². The Morgan fingerprint density at radius 1 is 0.962 bits per heavy atom. The van der Waals surface area contributed by atoms with Crippen LogP contribution in [0.4, 0.5) is 10.3 Å². The van der Waals surface area contributed by atoms with Crippen molar-refractivity contribution in [3.63, 3.8) is 0 Å². The van der Waals surface area contributed by atoms with E-state index >= 15 is 0 Å². The number of hydrogen-bond acceptors (Lipinski definition) is 4.